The van der Waals surface area contributed by atoms with Gasteiger partial charge in [-0.2, -0.15) is 0 Å². The average molecular weight is 418 g/mol. The van der Waals surface area contributed by atoms with Gasteiger partial charge in [-0.25, -0.2) is 17.9 Å². The molecule has 1 rings (SSSR count). The molecule has 0 spiro atoms. The van der Waals surface area contributed by atoms with Gasteiger partial charge in [-0.05, 0) is 18.2 Å². The maximum absolute atomic E-state index is 12.2. The third-order valence-electron chi connectivity index (χ3n) is 3.29. The topological polar surface area (TPSA) is 122 Å². The Morgan fingerprint density at radius 3 is 2.59 bits per heavy atom. The van der Waals surface area contributed by atoms with Crippen LogP contribution >= 0.6 is 11.6 Å². The number of amides is 2. The first-order valence-electron chi connectivity index (χ1n) is 7.64. The molecule has 0 aromatic heterocycles. The van der Waals surface area contributed by atoms with Gasteiger partial charge in [-0.1, -0.05) is 17.7 Å². The van der Waals surface area contributed by atoms with Gasteiger partial charge in [0.25, 0.3) is 5.91 Å². The van der Waals surface area contributed by atoms with Crippen LogP contribution < -0.4 is 10.0 Å². The highest BCUT2D eigenvalue weighted by molar-refractivity contribution is 7.89. The number of carbonyl (C=O) groups is 3. The number of hydrogen-bond donors (Lipinski definition) is 2. The van der Waals surface area contributed by atoms with Crippen LogP contribution in [0.1, 0.15) is 10.4 Å². The lowest BCUT2D eigenvalue weighted by Gasteiger charge is -2.16. The summed E-state index contributed by atoms with van der Waals surface area (Å²) in [6.07, 6.45) is 1.35. The fraction of sp³-hybridized carbons (Fsp3) is 0.312. The van der Waals surface area contributed by atoms with Crippen molar-refractivity contribution in [2.75, 3.05) is 33.8 Å². The normalized spacial score (nSPS) is 10.8. The van der Waals surface area contributed by atoms with Crippen LogP contribution in [0.3, 0.4) is 0 Å². The van der Waals surface area contributed by atoms with Crippen LogP contribution in [-0.2, 0) is 24.3 Å². The highest BCUT2D eigenvalue weighted by Crippen LogP contribution is 2.23. The number of hydrogen-bond acceptors (Lipinski definition) is 6. The molecule has 0 unspecified atom stereocenters. The molecule has 1 aromatic carbocycles. The molecule has 0 heterocycles. The van der Waals surface area contributed by atoms with Crippen molar-refractivity contribution in [3.8, 4) is 0 Å². The molecule has 27 heavy (non-hydrogen) atoms. The standard InChI is InChI=1S/C16H20ClN3O6S/c1-4-7-19-27(24,25)13-8-11(5-6-12(13)17)16(23)26-10-15(22)20(3)9-14(21)18-2/h4-6,8,19H,1,7,9-10H2,2-3H3,(H,18,21). The minimum absolute atomic E-state index is 0.0144. The minimum atomic E-state index is -3.95. The molecule has 0 aliphatic rings. The van der Waals surface area contributed by atoms with Crippen LogP contribution in [0.4, 0.5) is 0 Å². The predicted molar refractivity (Wildman–Crippen MR) is 98.8 cm³/mol. The van der Waals surface area contributed by atoms with E-state index in [-0.39, 0.29) is 34.5 Å². The maximum Gasteiger partial charge on any atom is 0.338 e. The molecule has 0 aliphatic carbocycles. The average Bonchev–Trinajstić information content (AvgIpc) is 2.64. The van der Waals surface area contributed by atoms with E-state index >= 15 is 0 Å². The van der Waals surface area contributed by atoms with Gasteiger partial charge in [0.2, 0.25) is 15.9 Å². The molecule has 1 aromatic rings. The number of likely N-dealkylation sites (N-methyl/N-ethyl adjacent to an activating group) is 2. The summed E-state index contributed by atoms with van der Waals surface area (Å²) in [4.78, 5) is 36.0. The number of ether oxygens (including phenoxy) is 1. The molecule has 9 nitrogen and oxygen atoms in total. The SMILES string of the molecule is C=CCNS(=O)(=O)c1cc(C(=O)OCC(=O)N(C)CC(=O)NC)ccc1Cl. The van der Waals surface area contributed by atoms with Gasteiger partial charge in [0, 0.05) is 20.6 Å². The number of halogens is 1. The highest BCUT2D eigenvalue weighted by atomic mass is 35.5. The largest absolute Gasteiger partial charge is 0.452 e. The number of rotatable bonds is 9. The van der Waals surface area contributed by atoms with E-state index in [1.54, 1.807) is 0 Å². The van der Waals surface area contributed by atoms with Gasteiger partial charge >= 0.3 is 5.97 Å². The van der Waals surface area contributed by atoms with E-state index < -0.39 is 28.5 Å². The molecular weight excluding hydrogens is 398 g/mol. The predicted octanol–water partition coefficient (Wildman–Crippen LogP) is 0.166. The van der Waals surface area contributed by atoms with Crippen molar-refractivity contribution in [3.63, 3.8) is 0 Å². The van der Waals surface area contributed by atoms with Crippen molar-refractivity contribution in [1.82, 2.24) is 14.9 Å². The van der Waals surface area contributed by atoms with Crippen molar-refractivity contribution in [2.24, 2.45) is 0 Å². The van der Waals surface area contributed by atoms with Crippen LogP contribution in [0.15, 0.2) is 35.7 Å². The van der Waals surface area contributed by atoms with Crippen molar-refractivity contribution in [3.05, 3.63) is 41.4 Å². The first-order valence-corrected chi connectivity index (χ1v) is 9.50. The summed E-state index contributed by atoms with van der Waals surface area (Å²) >= 11 is 5.90. The number of carbonyl (C=O) groups excluding carboxylic acids is 3. The molecule has 0 radical (unpaired) electrons. The third kappa shape index (κ3) is 6.66. The number of sulfonamides is 1. The molecule has 0 aliphatic heterocycles. The smallest absolute Gasteiger partial charge is 0.338 e. The monoisotopic (exact) mass is 417 g/mol. The number of esters is 1. The van der Waals surface area contributed by atoms with E-state index in [4.69, 9.17) is 16.3 Å². The van der Waals surface area contributed by atoms with Crippen molar-refractivity contribution < 1.29 is 27.5 Å². The Balaban J connectivity index is 2.84. The second kappa shape index (κ2) is 10.0. The Kier molecular flexibility index (Phi) is 8.41. The summed E-state index contributed by atoms with van der Waals surface area (Å²) in [7, 11) is -1.14. The van der Waals surface area contributed by atoms with Crippen LogP contribution in [-0.4, -0.2) is 64.9 Å². The zero-order chi connectivity index (χ0) is 20.6. The summed E-state index contributed by atoms with van der Waals surface area (Å²) in [5, 5.41) is 2.28. The summed E-state index contributed by atoms with van der Waals surface area (Å²) in [6.45, 7) is 2.60. The molecule has 0 saturated heterocycles. The second-order valence-corrected chi connectivity index (χ2v) is 7.43. The molecule has 11 heteroatoms. The molecule has 0 bridgehead atoms. The van der Waals surface area contributed by atoms with Crippen molar-refractivity contribution in [2.45, 2.75) is 4.90 Å². The van der Waals surface area contributed by atoms with Gasteiger partial charge in [-0.15, -0.1) is 6.58 Å². The quantitative estimate of drug-likeness (QED) is 0.436. The Morgan fingerprint density at radius 2 is 2.00 bits per heavy atom. The zero-order valence-corrected chi connectivity index (χ0v) is 16.4. The lowest BCUT2D eigenvalue weighted by Crippen LogP contribution is -2.39. The van der Waals surface area contributed by atoms with Crippen molar-refractivity contribution in [1.29, 1.82) is 0 Å². The Labute approximate surface area is 162 Å². The molecule has 0 saturated carbocycles. The molecular formula is C16H20ClN3O6S. The second-order valence-electron chi connectivity index (χ2n) is 5.28. The van der Waals surface area contributed by atoms with E-state index in [1.807, 2.05) is 0 Å². The fourth-order valence-corrected chi connectivity index (χ4v) is 3.31. The molecule has 0 atom stereocenters. The van der Waals surface area contributed by atoms with E-state index in [9.17, 15) is 22.8 Å². The summed E-state index contributed by atoms with van der Waals surface area (Å²) in [5.74, 6) is -1.88. The van der Waals surface area contributed by atoms with E-state index in [2.05, 4.69) is 16.6 Å². The highest BCUT2D eigenvalue weighted by Gasteiger charge is 2.21. The summed E-state index contributed by atoms with van der Waals surface area (Å²) in [6, 6.07) is 3.56. The molecule has 0 fully saturated rings. The van der Waals surface area contributed by atoms with Crippen LogP contribution in [0, 0.1) is 0 Å². The Morgan fingerprint density at radius 1 is 1.33 bits per heavy atom. The maximum atomic E-state index is 12.2. The Hall–Kier alpha value is -2.43. The van der Waals surface area contributed by atoms with E-state index in [1.165, 1.54) is 32.3 Å². The first kappa shape index (κ1) is 22.6. The van der Waals surface area contributed by atoms with Gasteiger partial charge < -0.3 is 15.0 Å². The number of benzene rings is 1. The lowest BCUT2D eigenvalue weighted by atomic mass is 10.2. The van der Waals surface area contributed by atoms with Gasteiger partial charge in [-0.3, -0.25) is 9.59 Å². The van der Waals surface area contributed by atoms with E-state index in [0.717, 1.165) is 11.0 Å². The summed E-state index contributed by atoms with van der Waals surface area (Å²) < 4.78 is 31.5. The fourth-order valence-electron chi connectivity index (χ4n) is 1.79. The van der Waals surface area contributed by atoms with Crippen LogP contribution in [0.2, 0.25) is 5.02 Å². The van der Waals surface area contributed by atoms with Gasteiger partial charge in [0.1, 0.15) is 4.90 Å². The summed E-state index contributed by atoms with van der Waals surface area (Å²) in [5.41, 5.74) is -0.0971. The first-order chi connectivity index (χ1) is 12.6. The Bertz CT molecular complexity index is 841. The molecule has 2 amide bonds. The number of nitrogens with one attached hydrogen (secondary N) is 2. The van der Waals surface area contributed by atoms with E-state index in [0.29, 0.717) is 0 Å². The van der Waals surface area contributed by atoms with Crippen LogP contribution in [0.25, 0.3) is 0 Å². The molecule has 148 valence electrons. The zero-order valence-electron chi connectivity index (χ0n) is 14.8. The number of nitrogens with zero attached hydrogens (tertiary/aromatic N) is 1. The van der Waals surface area contributed by atoms with Gasteiger partial charge in [0.15, 0.2) is 6.61 Å². The lowest BCUT2D eigenvalue weighted by molar-refractivity contribution is -0.137. The minimum Gasteiger partial charge on any atom is -0.452 e. The molecule has 2 N–H and O–H groups in total. The third-order valence-corrected chi connectivity index (χ3v) is 5.19. The van der Waals surface area contributed by atoms with Gasteiger partial charge in [0.05, 0.1) is 17.1 Å². The van der Waals surface area contributed by atoms with Crippen LogP contribution in [0.5, 0.6) is 0 Å². The van der Waals surface area contributed by atoms with Crippen molar-refractivity contribution >= 4 is 39.4 Å².